The standard InChI is InChI=1S/C20H27ClN4O2S/c1-4-15-9-7-8-12-25(15)19(26)14(2)28-20-23-22-18(24(20)3)13-27-17-11-6-5-10-16(17)21/h5-6,10-11,14-15H,4,7-9,12-13H2,1-3H3. The lowest BCUT2D eigenvalue weighted by atomic mass is 10.00. The van der Waals surface area contributed by atoms with Crippen molar-refractivity contribution >= 4 is 29.3 Å². The second-order valence-corrected chi connectivity index (χ2v) is 8.74. The molecule has 2 atom stereocenters. The van der Waals surface area contributed by atoms with Gasteiger partial charge in [0.2, 0.25) is 5.91 Å². The Hall–Kier alpha value is -1.73. The number of benzene rings is 1. The van der Waals surface area contributed by atoms with Crippen LogP contribution in [0.2, 0.25) is 5.02 Å². The first-order valence-corrected chi connectivity index (χ1v) is 11.0. The highest BCUT2D eigenvalue weighted by atomic mass is 35.5. The van der Waals surface area contributed by atoms with E-state index in [1.807, 2.05) is 36.7 Å². The molecule has 1 aromatic carbocycles. The van der Waals surface area contributed by atoms with E-state index in [0.29, 0.717) is 27.8 Å². The van der Waals surface area contributed by atoms with E-state index in [1.165, 1.54) is 18.2 Å². The van der Waals surface area contributed by atoms with Gasteiger partial charge in [0, 0.05) is 19.6 Å². The van der Waals surface area contributed by atoms with Crippen LogP contribution >= 0.6 is 23.4 Å². The summed E-state index contributed by atoms with van der Waals surface area (Å²) in [5.74, 6) is 1.49. The van der Waals surface area contributed by atoms with Gasteiger partial charge in [0.25, 0.3) is 0 Å². The molecule has 2 heterocycles. The Labute approximate surface area is 175 Å². The number of hydrogen-bond acceptors (Lipinski definition) is 5. The number of amides is 1. The van der Waals surface area contributed by atoms with Gasteiger partial charge in [-0.25, -0.2) is 0 Å². The summed E-state index contributed by atoms with van der Waals surface area (Å²) in [4.78, 5) is 15.0. The van der Waals surface area contributed by atoms with Crippen molar-refractivity contribution in [3.63, 3.8) is 0 Å². The van der Waals surface area contributed by atoms with E-state index in [-0.39, 0.29) is 17.8 Å². The molecule has 0 spiro atoms. The van der Waals surface area contributed by atoms with Crippen LogP contribution in [-0.2, 0) is 18.4 Å². The molecule has 2 unspecified atom stereocenters. The van der Waals surface area contributed by atoms with Crippen LogP contribution in [0.15, 0.2) is 29.4 Å². The fraction of sp³-hybridized carbons (Fsp3) is 0.550. The highest BCUT2D eigenvalue weighted by Crippen LogP contribution is 2.28. The first kappa shape index (κ1) is 21.0. The first-order chi connectivity index (χ1) is 13.5. The molecule has 152 valence electrons. The van der Waals surface area contributed by atoms with Crippen molar-refractivity contribution in [2.24, 2.45) is 7.05 Å². The number of carbonyl (C=O) groups is 1. The van der Waals surface area contributed by atoms with Crippen LogP contribution in [0.5, 0.6) is 5.75 Å². The summed E-state index contributed by atoms with van der Waals surface area (Å²) >= 11 is 7.57. The number of ether oxygens (including phenoxy) is 1. The number of halogens is 1. The van der Waals surface area contributed by atoms with Crippen molar-refractivity contribution in [1.29, 1.82) is 0 Å². The van der Waals surface area contributed by atoms with Crippen molar-refractivity contribution in [1.82, 2.24) is 19.7 Å². The van der Waals surface area contributed by atoms with E-state index in [0.717, 1.165) is 25.8 Å². The normalized spacial score (nSPS) is 18.1. The molecule has 1 aliphatic rings. The van der Waals surface area contributed by atoms with E-state index in [1.54, 1.807) is 6.07 Å². The first-order valence-electron chi connectivity index (χ1n) is 9.74. The maximum Gasteiger partial charge on any atom is 0.236 e. The number of rotatable bonds is 7. The molecule has 28 heavy (non-hydrogen) atoms. The number of likely N-dealkylation sites (tertiary alicyclic amines) is 1. The maximum absolute atomic E-state index is 12.9. The van der Waals surface area contributed by atoms with Crippen molar-refractivity contribution in [3.05, 3.63) is 35.1 Å². The van der Waals surface area contributed by atoms with Gasteiger partial charge in [0.1, 0.15) is 12.4 Å². The van der Waals surface area contributed by atoms with Gasteiger partial charge >= 0.3 is 0 Å². The molecular formula is C20H27ClN4O2S. The number of hydrogen-bond donors (Lipinski definition) is 0. The number of nitrogens with zero attached hydrogens (tertiary/aromatic N) is 4. The van der Waals surface area contributed by atoms with Gasteiger partial charge in [-0.2, -0.15) is 0 Å². The predicted molar refractivity (Wildman–Crippen MR) is 112 cm³/mol. The Morgan fingerprint density at radius 3 is 2.89 bits per heavy atom. The topological polar surface area (TPSA) is 60.3 Å². The van der Waals surface area contributed by atoms with E-state index in [9.17, 15) is 4.79 Å². The molecule has 0 radical (unpaired) electrons. The maximum atomic E-state index is 12.9. The van der Waals surface area contributed by atoms with Gasteiger partial charge < -0.3 is 14.2 Å². The minimum atomic E-state index is -0.201. The zero-order valence-corrected chi connectivity index (χ0v) is 18.2. The molecule has 0 saturated carbocycles. The van der Waals surface area contributed by atoms with E-state index in [2.05, 4.69) is 22.0 Å². The number of thioether (sulfide) groups is 1. The Balaban J connectivity index is 1.61. The second kappa shape index (κ2) is 9.65. The highest BCUT2D eigenvalue weighted by molar-refractivity contribution is 8.00. The lowest BCUT2D eigenvalue weighted by Crippen LogP contribution is -2.46. The second-order valence-electron chi connectivity index (χ2n) is 7.03. The summed E-state index contributed by atoms with van der Waals surface area (Å²) in [6.45, 7) is 5.23. The molecule has 1 aliphatic heterocycles. The zero-order valence-electron chi connectivity index (χ0n) is 16.6. The largest absolute Gasteiger partial charge is 0.484 e. The predicted octanol–water partition coefficient (Wildman–Crippen LogP) is 4.32. The summed E-state index contributed by atoms with van der Waals surface area (Å²) < 4.78 is 7.63. The number of piperidine rings is 1. The molecule has 2 aromatic rings. The molecule has 1 aromatic heterocycles. The van der Waals surface area contributed by atoms with E-state index < -0.39 is 0 Å². The number of aromatic nitrogens is 3. The third-order valence-corrected chi connectivity index (χ3v) is 6.56. The zero-order chi connectivity index (χ0) is 20.1. The molecule has 0 aliphatic carbocycles. The quantitative estimate of drug-likeness (QED) is 0.622. The Bertz CT molecular complexity index is 813. The van der Waals surface area contributed by atoms with Crippen molar-refractivity contribution in [2.75, 3.05) is 6.54 Å². The van der Waals surface area contributed by atoms with Gasteiger partial charge in [-0.3, -0.25) is 4.79 Å². The summed E-state index contributed by atoms with van der Waals surface area (Å²) in [6.07, 6.45) is 4.42. The molecule has 8 heteroatoms. The van der Waals surface area contributed by atoms with Crippen molar-refractivity contribution < 1.29 is 9.53 Å². The van der Waals surface area contributed by atoms with Crippen LogP contribution in [0.3, 0.4) is 0 Å². The minimum absolute atomic E-state index is 0.188. The molecule has 6 nitrogen and oxygen atoms in total. The number of para-hydroxylation sites is 1. The fourth-order valence-corrected chi connectivity index (χ4v) is 4.53. The molecular weight excluding hydrogens is 396 g/mol. The molecule has 0 bridgehead atoms. The average Bonchev–Trinajstić information content (AvgIpc) is 3.06. The third kappa shape index (κ3) is 4.81. The van der Waals surface area contributed by atoms with Gasteiger partial charge in [0.15, 0.2) is 11.0 Å². The van der Waals surface area contributed by atoms with Crippen molar-refractivity contribution in [3.8, 4) is 5.75 Å². The van der Waals surface area contributed by atoms with Crippen LogP contribution in [0.4, 0.5) is 0 Å². The SMILES string of the molecule is CCC1CCCCN1C(=O)C(C)Sc1nnc(COc2ccccc2Cl)n1C. The Kier molecular flexibility index (Phi) is 7.24. The molecule has 3 rings (SSSR count). The highest BCUT2D eigenvalue weighted by Gasteiger charge is 2.30. The summed E-state index contributed by atoms with van der Waals surface area (Å²) in [6, 6.07) is 7.69. The van der Waals surface area contributed by atoms with E-state index in [4.69, 9.17) is 16.3 Å². The fourth-order valence-electron chi connectivity index (χ4n) is 3.43. The molecule has 0 N–H and O–H groups in total. The lowest BCUT2D eigenvalue weighted by molar-refractivity contribution is -0.134. The van der Waals surface area contributed by atoms with Crippen LogP contribution in [0.1, 0.15) is 45.4 Å². The van der Waals surface area contributed by atoms with Crippen LogP contribution < -0.4 is 4.74 Å². The van der Waals surface area contributed by atoms with Gasteiger partial charge in [-0.1, -0.05) is 42.4 Å². The van der Waals surface area contributed by atoms with E-state index >= 15 is 0 Å². The van der Waals surface area contributed by atoms with Gasteiger partial charge in [-0.15, -0.1) is 10.2 Å². The monoisotopic (exact) mass is 422 g/mol. The number of carbonyl (C=O) groups excluding carboxylic acids is 1. The van der Waals surface area contributed by atoms with Gasteiger partial charge in [-0.05, 0) is 44.7 Å². The smallest absolute Gasteiger partial charge is 0.236 e. The Morgan fingerprint density at radius 2 is 2.14 bits per heavy atom. The minimum Gasteiger partial charge on any atom is -0.484 e. The Morgan fingerprint density at radius 1 is 1.36 bits per heavy atom. The van der Waals surface area contributed by atoms with Gasteiger partial charge in [0.05, 0.1) is 10.3 Å². The molecule has 1 amide bonds. The van der Waals surface area contributed by atoms with Crippen LogP contribution in [0, 0.1) is 0 Å². The lowest BCUT2D eigenvalue weighted by Gasteiger charge is -2.36. The average molecular weight is 423 g/mol. The molecule has 1 saturated heterocycles. The third-order valence-electron chi connectivity index (χ3n) is 5.13. The van der Waals surface area contributed by atoms with Crippen molar-refractivity contribution in [2.45, 2.75) is 62.6 Å². The van der Waals surface area contributed by atoms with Crippen LogP contribution in [0.25, 0.3) is 0 Å². The molecule has 1 fully saturated rings. The summed E-state index contributed by atoms with van der Waals surface area (Å²) in [7, 11) is 1.89. The summed E-state index contributed by atoms with van der Waals surface area (Å²) in [5, 5.41) is 9.54. The summed E-state index contributed by atoms with van der Waals surface area (Å²) in [5.41, 5.74) is 0. The van der Waals surface area contributed by atoms with Crippen LogP contribution in [-0.4, -0.2) is 43.4 Å².